The highest BCUT2D eigenvalue weighted by atomic mass is 16.5. The molecule has 1 aliphatic rings. The summed E-state index contributed by atoms with van der Waals surface area (Å²) >= 11 is 0. The zero-order valence-corrected chi connectivity index (χ0v) is 24.9. The first-order chi connectivity index (χ1) is 23.3. The van der Waals surface area contributed by atoms with E-state index < -0.39 is 0 Å². The lowest BCUT2D eigenvalue weighted by Crippen LogP contribution is -2.05. The van der Waals surface area contributed by atoms with Crippen molar-refractivity contribution in [3.8, 4) is 34.4 Å². The van der Waals surface area contributed by atoms with Gasteiger partial charge in [0.15, 0.2) is 11.5 Å². The predicted molar refractivity (Wildman–Crippen MR) is 189 cm³/mol. The van der Waals surface area contributed by atoms with E-state index in [0.29, 0.717) is 5.95 Å². The minimum Gasteiger partial charge on any atom is -0.452 e. The van der Waals surface area contributed by atoms with E-state index in [9.17, 15) is 0 Å². The van der Waals surface area contributed by atoms with E-state index in [1.54, 1.807) is 6.20 Å². The van der Waals surface area contributed by atoms with Gasteiger partial charge in [0.2, 0.25) is 5.95 Å². The van der Waals surface area contributed by atoms with Crippen molar-refractivity contribution in [1.29, 1.82) is 0 Å². The molecule has 0 bridgehead atoms. The Balaban J connectivity index is 1.25. The third-order valence-electron chi connectivity index (χ3n) is 9.54. The highest BCUT2D eigenvalue weighted by molar-refractivity contribution is 6.16. The maximum atomic E-state index is 6.83. The summed E-state index contributed by atoms with van der Waals surface area (Å²) in [6.45, 7) is 0. The zero-order chi connectivity index (χ0) is 30.6. The molecule has 1 aliphatic heterocycles. The second-order valence-electron chi connectivity index (χ2n) is 12.1. The zero-order valence-electron chi connectivity index (χ0n) is 24.9. The average molecular weight is 602 g/mol. The minimum atomic E-state index is 0.601. The molecule has 0 amide bonds. The summed E-state index contributed by atoms with van der Waals surface area (Å²) in [5, 5.41) is 6.83. The van der Waals surface area contributed by atoms with Crippen molar-refractivity contribution in [2.24, 2.45) is 0 Å². The molecule has 5 heterocycles. The van der Waals surface area contributed by atoms with Crippen LogP contribution in [0.1, 0.15) is 0 Å². The number of para-hydroxylation sites is 3. The number of hydrogen-bond acceptors (Lipinski definition) is 4. The van der Waals surface area contributed by atoms with Gasteiger partial charge in [-0.15, -0.1) is 0 Å². The Morgan fingerprint density at radius 1 is 0.532 bits per heavy atom. The fourth-order valence-electron chi connectivity index (χ4n) is 7.53. The summed E-state index contributed by atoms with van der Waals surface area (Å²) in [6.07, 6.45) is 1.80. The first-order valence-corrected chi connectivity index (χ1v) is 15.7. The van der Waals surface area contributed by atoms with Crippen LogP contribution < -0.4 is 4.74 Å². The highest BCUT2D eigenvalue weighted by Gasteiger charge is 2.26. The van der Waals surface area contributed by atoms with Gasteiger partial charge in [-0.25, -0.2) is 9.97 Å². The van der Waals surface area contributed by atoms with Crippen LogP contribution in [0.25, 0.3) is 88.3 Å². The molecule has 0 N–H and O–H groups in total. The molecule has 0 saturated carbocycles. The lowest BCUT2D eigenvalue weighted by atomic mass is 10.0. The van der Waals surface area contributed by atoms with Crippen molar-refractivity contribution in [2.75, 3.05) is 0 Å². The van der Waals surface area contributed by atoms with Gasteiger partial charge in [0.05, 0.1) is 33.3 Å². The fraction of sp³-hybridized carbons (Fsp3) is 0. The van der Waals surface area contributed by atoms with Gasteiger partial charge in [-0.2, -0.15) is 0 Å². The summed E-state index contributed by atoms with van der Waals surface area (Å²) in [7, 11) is 0. The lowest BCUT2D eigenvalue weighted by molar-refractivity contribution is 0.482. The van der Waals surface area contributed by atoms with Crippen molar-refractivity contribution >= 4 is 65.4 Å². The first kappa shape index (κ1) is 24.8. The quantitative estimate of drug-likeness (QED) is 0.198. The van der Waals surface area contributed by atoms with Crippen LogP contribution in [0.3, 0.4) is 0 Å². The summed E-state index contributed by atoms with van der Waals surface area (Å²) < 4.78 is 11.4. The molecule has 6 heteroatoms. The molecule has 6 aromatic carbocycles. The van der Waals surface area contributed by atoms with Gasteiger partial charge < -0.3 is 9.30 Å². The highest BCUT2D eigenvalue weighted by Crippen LogP contribution is 2.48. The van der Waals surface area contributed by atoms with Crippen molar-refractivity contribution in [1.82, 2.24) is 24.1 Å². The molecule has 0 spiro atoms. The van der Waals surface area contributed by atoms with Gasteiger partial charge in [-0.05, 0) is 53.9 Å². The van der Waals surface area contributed by atoms with E-state index in [0.717, 1.165) is 77.6 Å². The van der Waals surface area contributed by atoms with Crippen LogP contribution in [0.15, 0.2) is 140 Å². The second kappa shape index (κ2) is 9.02. The summed E-state index contributed by atoms with van der Waals surface area (Å²) in [4.78, 5) is 15.0. The third-order valence-corrected chi connectivity index (χ3v) is 9.54. The molecule has 218 valence electrons. The van der Waals surface area contributed by atoms with Gasteiger partial charge in [-0.3, -0.25) is 9.55 Å². The minimum absolute atomic E-state index is 0.601. The molecule has 0 saturated heterocycles. The van der Waals surface area contributed by atoms with E-state index in [1.807, 2.05) is 30.3 Å². The largest absolute Gasteiger partial charge is 0.452 e. The van der Waals surface area contributed by atoms with Gasteiger partial charge in [0.1, 0.15) is 11.2 Å². The first-order valence-electron chi connectivity index (χ1n) is 15.7. The maximum absolute atomic E-state index is 6.83. The van der Waals surface area contributed by atoms with Crippen LogP contribution in [0.4, 0.5) is 0 Å². The van der Waals surface area contributed by atoms with Gasteiger partial charge in [0, 0.05) is 38.7 Å². The topological polar surface area (TPSA) is 57.8 Å². The van der Waals surface area contributed by atoms with E-state index >= 15 is 0 Å². The second-order valence-corrected chi connectivity index (χ2v) is 12.1. The lowest BCUT2D eigenvalue weighted by Gasteiger charge is -2.22. The fourth-order valence-corrected chi connectivity index (χ4v) is 7.53. The number of ether oxygens (including phenoxy) is 1. The van der Waals surface area contributed by atoms with Crippen LogP contribution >= 0.6 is 0 Å². The van der Waals surface area contributed by atoms with Crippen LogP contribution in [-0.2, 0) is 0 Å². The molecule has 0 unspecified atom stereocenters. The molecular weight excluding hydrogens is 578 g/mol. The molecule has 47 heavy (non-hydrogen) atoms. The molecule has 0 atom stereocenters. The van der Waals surface area contributed by atoms with Gasteiger partial charge in [-0.1, -0.05) is 84.9 Å². The van der Waals surface area contributed by atoms with Crippen molar-refractivity contribution in [3.63, 3.8) is 0 Å². The molecule has 10 aromatic rings. The van der Waals surface area contributed by atoms with Crippen LogP contribution in [-0.4, -0.2) is 24.1 Å². The Kier molecular flexibility index (Phi) is 4.75. The Bertz CT molecular complexity index is 2940. The van der Waals surface area contributed by atoms with E-state index in [2.05, 4.69) is 112 Å². The number of hydrogen-bond donors (Lipinski definition) is 0. The standard InChI is InChI=1S/C41H23N5O/c1-2-10-24(11-3-1)37-38-31(15-9-21-42-38)43-41(44-37)46-33-17-7-5-13-27(33)30-22-25-19-20-34-40(29(25)23-35(30)46)47-36-18-8-14-28-26-12-4-6-16-32(26)45(34)39(28)36/h1-23H. The Morgan fingerprint density at radius 3 is 2.17 bits per heavy atom. The number of nitrogens with zero attached hydrogens (tertiary/aromatic N) is 5. The van der Waals surface area contributed by atoms with Crippen molar-refractivity contribution in [2.45, 2.75) is 0 Å². The third kappa shape index (κ3) is 3.31. The Labute approximate surface area is 267 Å². The van der Waals surface area contributed by atoms with Crippen LogP contribution in [0.2, 0.25) is 0 Å². The average Bonchev–Trinajstić information content (AvgIpc) is 3.64. The molecular formula is C41H23N5O. The summed E-state index contributed by atoms with van der Waals surface area (Å²) in [6, 6.07) is 46.5. The smallest absolute Gasteiger partial charge is 0.235 e. The van der Waals surface area contributed by atoms with E-state index in [4.69, 9.17) is 19.7 Å². The number of pyridine rings is 1. The normalized spacial score (nSPS) is 12.4. The summed E-state index contributed by atoms with van der Waals surface area (Å²) in [5.74, 6) is 2.30. The number of aromatic nitrogens is 5. The van der Waals surface area contributed by atoms with E-state index in [-0.39, 0.29) is 0 Å². The number of benzene rings is 6. The van der Waals surface area contributed by atoms with E-state index in [1.165, 1.54) is 16.3 Å². The molecule has 4 aromatic heterocycles. The van der Waals surface area contributed by atoms with Crippen molar-refractivity contribution in [3.05, 3.63) is 140 Å². The van der Waals surface area contributed by atoms with Gasteiger partial charge in [0.25, 0.3) is 0 Å². The Morgan fingerprint density at radius 2 is 1.30 bits per heavy atom. The number of rotatable bonds is 2. The predicted octanol–water partition coefficient (Wildman–Crippen LogP) is 10.1. The number of fused-ring (bicyclic) bond motifs is 11. The Hall–Kier alpha value is -6.53. The van der Waals surface area contributed by atoms with Crippen LogP contribution in [0.5, 0.6) is 11.5 Å². The van der Waals surface area contributed by atoms with Gasteiger partial charge >= 0.3 is 0 Å². The monoisotopic (exact) mass is 601 g/mol. The molecule has 0 fully saturated rings. The van der Waals surface area contributed by atoms with Crippen molar-refractivity contribution < 1.29 is 4.74 Å². The SMILES string of the molecule is c1ccc(-c2nc(-n3c4ccccc4c4cc5ccc6c(c5cc43)Oc3cccc4c5ccccc5n-6c34)nc3cccnc23)cc1. The molecule has 0 radical (unpaired) electrons. The molecule has 6 nitrogen and oxygen atoms in total. The maximum Gasteiger partial charge on any atom is 0.235 e. The molecule has 11 rings (SSSR count). The molecule has 0 aliphatic carbocycles. The summed E-state index contributed by atoms with van der Waals surface area (Å²) in [5.41, 5.74) is 8.73. The van der Waals surface area contributed by atoms with Crippen LogP contribution in [0, 0.1) is 0 Å².